The third-order valence-corrected chi connectivity index (χ3v) is 4.09. The summed E-state index contributed by atoms with van der Waals surface area (Å²) in [6.45, 7) is 5.42. The molecule has 1 saturated carbocycles. The molecule has 0 spiro atoms. The van der Waals surface area contributed by atoms with Crippen molar-refractivity contribution in [3.8, 4) is 0 Å². The Balaban J connectivity index is 1.82. The lowest BCUT2D eigenvalue weighted by atomic mass is 10.3. The first kappa shape index (κ1) is 11.9. The molecule has 1 heterocycles. The first-order valence-corrected chi connectivity index (χ1v) is 7.01. The van der Waals surface area contributed by atoms with Gasteiger partial charge in [-0.1, -0.05) is 19.9 Å². The van der Waals surface area contributed by atoms with Crippen LogP contribution in [-0.4, -0.2) is 16.3 Å². The van der Waals surface area contributed by atoms with E-state index in [-0.39, 0.29) is 0 Å². The van der Waals surface area contributed by atoms with E-state index in [1.165, 1.54) is 24.8 Å². The van der Waals surface area contributed by atoms with Crippen molar-refractivity contribution >= 4 is 11.8 Å². The number of nitrogens with zero attached hydrogens (tertiary/aromatic N) is 1. The number of aromatic nitrogens is 1. The van der Waals surface area contributed by atoms with Gasteiger partial charge in [0.2, 0.25) is 0 Å². The molecule has 1 aromatic heterocycles. The highest BCUT2D eigenvalue weighted by Gasteiger charge is 2.19. The predicted octanol–water partition coefficient (Wildman–Crippen LogP) is 3.22. The van der Waals surface area contributed by atoms with Crippen molar-refractivity contribution in [2.24, 2.45) is 0 Å². The standard InChI is InChI=1S/C13H20N2S/c1-3-10(2)16-13-7-4-11(9-15-13)8-14-12-5-6-12/h4,7,9-10,12,14H,3,5-6,8H2,1-2H3. The van der Waals surface area contributed by atoms with Gasteiger partial charge in [-0.05, 0) is 30.9 Å². The van der Waals surface area contributed by atoms with Crippen molar-refractivity contribution < 1.29 is 0 Å². The fraction of sp³-hybridized carbons (Fsp3) is 0.615. The Morgan fingerprint density at radius 1 is 1.50 bits per heavy atom. The van der Waals surface area contributed by atoms with Crippen LogP contribution in [0.15, 0.2) is 23.4 Å². The summed E-state index contributed by atoms with van der Waals surface area (Å²) in [5.41, 5.74) is 1.29. The van der Waals surface area contributed by atoms with E-state index in [2.05, 4.69) is 36.3 Å². The van der Waals surface area contributed by atoms with Gasteiger partial charge in [0.25, 0.3) is 0 Å². The summed E-state index contributed by atoms with van der Waals surface area (Å²) in [5.74, 6) is 0. The van der Waals surface area contributed by atoms with Gasteiger partial charge in [-0.25, -0.2) is 4.98 Å². The van der Waals surface area contributed by atoms with E-state index >= 15 is 0 Å². The molecule has 16 heavy (non-hydrogen) atoms. The quantitative estimate of drug-likeness (QED) is 0.768. The molecule has 1 N–H and O–H groups in total. The second-order valence-electron chi connectivity index (χ2n) is 4.50. The lowest BCUT2D eigenvalue weighted by Crippen LogP contribution is -2.15. The van der Waals surface area contributed by atoms with Crippen LogP contribution >= 0.6 is 11.8 Å². The summed E-state index contributed by atoms with van der Waals surface area (Å²) in [6, 6.07) is 5.10. The zero-order valence-electron chi connectivity index (χ0n) is 10.1. The molecule has 1 aromatic rings. The Morgan fingerprint density at radius 3 is 2.88 bits per heavy atom. The maximum atomic E-state index is 4.49. The number of thioether (sulfide) groups is 1. The minimum Gasteiger partial charge on any atom is -0.310 e. The van der Waals surface area contributed by atoms with Gasteiger partial charge in [0.15, 0.2) is 0 Å². The Labute approximate surface area is 102 Å². The lowest BCUT2D eigenvalue weighted by molar-refractivity contribution is 0.684. The van der Waals surface area contributed by atoms with Crippen LogP contribution in [0.1, 0.15) is 38.7 Å². The zero-order chi connectivity index (χ0) is 11.4. The molecule has 0 bridgehead atoms. The second kappa shape index (κ2) is 5.69. The largest absolute Gasteiger partial charge is 0.310 e. The van der Waals surface area contributed by atoms with Crippen molar-refractivity contribution in [1.29, 1.82) is 0 Å². The van der Waals surface area contributed by atoms with E-state index in [1.54, 1.807) is 0 Å². The van der Waals surface area contributed by atoms with E-state index in [1.807, 2.05) is 18.0 Å². The number of hydrogen-bond acceptors (Lipinski definition) is 3. The van der Waals surface area contributed by atoms with E-state index in [4.69, 9.17) is 0 Å². The van der Waals surface area contributed by atoms with Gasteiger partial charge in [-0.2, -0.15) is 0 Å². The van der Waals surface area contributed by atoms with Crippen LogP contribution in [0.4, 0.5) is 0 Å². The smallest absolute Gasteiger partial charge is 0.0962 e. The maximum Gasteiger partial charge on any atom is 0.0962 e. The topological polar surface area (TPSA) is 24.9 Å². The first-order chi connectivity index (χ1) is 7.78. The lowest BCUT2D eigenvalue weighted by Gasteiger charge is -2.08. The number of nitrogens with one attached hydrogen (secondary N) is 1. The van der Waals surface area contributed by atoms with Crippen molar-refractivity contribution in [2.75, 3.05) is 0 Å². The molecule has 1 unspecified atom stereocenters. The van der Waals surface area contributed by atoms with Crippen LogP contribution in [-0.2, 0) is 6.54 Å². The second-order valence-corrected chi connectivity index (χ2v) is 5.96. The highest BCUT2D eigenvalue weighted by atomic mass is 32.2. The van der Waals surface area contributed by atoms with Crippen LogP contribution < -0.4 is 5.32 Å². The molecule has 1 aliphatic rings. The third-order valence-electron chi connectivity index (χ3n) is 2.87. The Morgan fingerprint density at radius 2 is 2.31 bits per heavy atom. The average Bonchev–Trinajstić information content (AvgIpc) is 3.12. The molecule has 0 saturated heterocycles. The Kier molecular flexibility index (Phi) is 4.24. The monoisotopic (exact) mass is 236 g/mol. The summed E-state index contributed by atoms with van der Waals surface area (Å²) < 4.78 is 0. The van der Waals surface area contributed by atoms with Gasteiger partial charge in [0.05, 0.1) is 5.03 Å². The molecule has 88 valence electrons. The normalized spacial score (nSPS) is 17.4. The summed E-state index contributed by atoms with van der Waals surface area (Å²) in [4.78, 5) is 4.49. The van der Waals surface area contributed by atoms with Gasteiger partial charge in [-0.15, -0.1) is 11.8 Å². The third kappa shape index (κ3) is 3.80. The van der Waals surface area contributed by atoms with Gasteiger partial charge >= 0.3 is 0 Å². The molecule has 1 aliphatic carbocycles. The van der Waals surface area contributed by atoms with Crippen molar-refractivity contribution in [1.82, 2.24) is 10.3 Å². The van der Waals surface area contributed by atoms with E-state index in [0.29, 0.717) is 5.25 Å². The highest BCUT2D eigenvalue weighted by Crippen LogP contribution is 2.23. The molecule has 0 aliphatic heterocycles. The SMILES string of the molecule is CCC(C)Sc1ccc(CNC2CC2)cn1. The fourth-order valence-electron chi connectivity index (χ4n) is 1.42. The van der Waals surface area contributed by atoms with Crippen LogP contribution in [0.3, 0.4) is 0 Å². The minimum absolute atomic E-state index is 0.655. The maximum absolute atomic E-state index is 4.49. The van der Waals surface area contributed by atoms with Crippen LogP contribution in [0, 0.1) is 0 Å². The molecule has 1 atom stereocenters. The van der Waals surface area contributed by atoms with Crippen LogP contribution in [0.5, 0.6) is 0 Å². The van der Waals surface area contributed by atoms with E-state index in [0.717, 1.165) is 17.6 Å². The number of pyridine rings is 1. The molecular weight excluding hydrogens is 216 g/mol. The number of hydrogen-bond donors (Lipinski definition) is 1. The summed E-state index contributed by atoms with van der Waals surface area (Å²) >= 11 is 1.86. The first-order valence-electron chi connectivity index (χ1n) is 6.13. The molecule has 0 aromatic carbocycles. The molecule has 3 heteroatoms. The Bertz CT molecular complexity index is 319. The summed E-state index contributed by atoms with van der Waals surface area (Å²) in [6.07, 6.45) is 5.88. The highest BCUT2D eigenvalue weighted by molar-refractivity contribution is 7.99. The van der Waals surface area contributed by atoms with Gasteiger partial charge in [-0.3, -0.25) is 0 Å². The molecule has 2 rings (SSSR count). The van der Waals surface area contributed by atoms with E-state index < -0.39 is 0 Å². The predicted molar refractivity (Wildman–Crippen MR) is 69.7 cm³/mol. The average molecular weight is 236 g/mol. The zero-order valence-corrected chi connectivity index (χ0v) is 10.9. The van der Waals surface area contributed by atoms with Crippen molar-refractivity contribution in [3.63, 3.8) is 0 Å². The van der Waals surface area contributed by atoms with Gasteiger partial charge in [0, 0.05) is 24.0 Å². The molecular formula is C13H20N2S. The van der Waals surface area contributed by atoms with E-state index in [9.17, 15) is 0 Å². The molecule has 2 nitrogen and oxygen atoms in total. The molecule has 0 amide bonds. The minimum atomic E-state index is 0.655. The summed E-state index contributed by atoms with van der Waals surface area (Å²) in [7, 11) is 0. The van der Waals surface area contributed by atoms with Gasteiger partial charge in [0.1, 0.15) is 0 Å². The molecule has 0 radical (unpaired) electrons. The Hall–Kier alpha value is -0.540. The fourth-order valence-corrected chi connectivity index (χ4v) is 2.26. The van der Waals surface area contributed by atoms with Crippen LogP contribution in [0.2, 0.25) is 0 Å². The van der Waals surface area contributed by atoms with Crippen molar-refractivity contribution in [3.05, 3.63) is 23.9 Å². The summed E-state index contributed by atoms with van der Waals surface area (Å²) in [5, 5.41) is 5.30. The van der Waals surface area contributed by atoms with Crippen molar-refractivity contribution in [2.45, 2.75) is 56.0 Å². The van der Waals surface area contributed by atoms with Crippen LogP contribution in [0.25, 0.3) is 0 Å². The molecule has 1 fully saturated rings. The number of rotatable bonds is 6. The van der Waals surface area contributed by atoms with Gasteiger partial charge < -0.3 is 5.32 Å².